The number of carbonyl (C=O) groups is 1. The Labute approximate surface area is 310 Å². The minimum Gasteiger partial charge on any atom is -0.507 e. The number of rotatable bonds is 7. The van der Waals surface area contributed by atoms with Gasteiger partial charge in [0.25, 0.3) is 10.1 Å². The number of aromatic nitrogens is 2. The van der Waals surface area contributed by atoms with Gasteiger partial charge < -0.3 is 26.0 Å². The molecule has 0 atom stereocenters. The van der Waals surface area contributed by atoms with E-state index in [1.807, 2.05) is 0 Å². The van der Waals surface area contributed by atoms with E-state index < -0.39 is 32.4 Å². The third kappa shape index (κ3) is 7.69. The maximum Gasteiger partial charge on any atom is 0.339 e. The second-order valence-corrected chi connectivity index (χ2v) is 11.2. The van der Waals surface area contributed by atoms with Crippen molar-refractivity contribution in [3.63, 3.8) is 0 Å². The molecule has 7 N–H and O–H groups in total. The van der Waals surface area contributed by atoms with E-state index in [0.717, 1.165) is 5.56 Å². The molecule has 47 heavy (non-hydrogen) atoms. The molecule has 1 heterocycles. The molecule has 0 aliphatic rings. The zero-order valence-corrected chi connectivity index (χ0v) is 29.6. The fourth-order valence-electron chi connectivity index (χ4n) is 4.51. The third-order valence-electron chi connectivity index (χ3n) is 6.72. The minimum absolute atomic E-state index is 0. The van der Waals surface area contributed by atoms with E-state index in [2.05, 4.69) is 30.4 Å². The summed E-state index contributed by atoms with van der Waals surface area (Å²) in [5.74, 6) is -1.62. The van der Waals surface area contributed by atoms with Crippen LogP contribution < -0.4 is 5.73 Å². The molecule has 0 saturated heterocycles. The number of azo groups is 2. The zero-order valence-electron chi connectivity index (χ0n) is 24.8. The zero-order chi connectivity index (χ0) is 31.9. The molecule has 6 rings (SSSR count). The second kappa shape index (κ2) is 14.3. The van der Waals surface area contributed by atoms with E-state index in [-0.39, 0.29) is 81.5 Å². The molecule has 5 aromatic carbocycles. The maximum absolute atomic E-state index is 12.1. The predicted molar refractivity (Wildman–Crippen MR) is 176 cm³/mol. The normalized spacial score (nSPS) is 11.6. The molecule has 226 valence electrons. The number of phenolic OH excluding ortho intramolecular Hbond substituents is 1. The molecule has 0 aliphatic heterocycles. The van der Waals surface area contributed by atoms with Gasteiger partial charge in [0, 0.05) is 75.8 Å². The van der Waals surface area contributed by atoms with Crippen LogP contribution in [0.1, 0.15) is 10.4 Å². The summed E-state index contributed by atoms with van der Waals surface area (Å²) >= 11 is 0. The Hall–Kier alpha value is -4.19. The van der Waals surface area contributed by atoms with Crippen molar-refractivity contribution in [2.75, 3.05) is 5.73 Å². The number of fused-ring (bicyclic) bond motifs is 2. The van der Waals surface area contributed by atoms with Crippen LogP contribution in [0.15, 0.2) is 110 Å². The molecular weight excluding hydrogens is 648 g/mol. The van der Waals surface area contributed by atoms with Gasteiger partial charge >= 0.3 is 5.97 Å². The van der Waals surface area contributed by atoms with E-state index in [1.165, 1.54) is 42.5 Å². The van der Waals surface area contributed by atoms with E-state index in [4.69, 9.17) is 10.8 Å². The van der Waals surface area contributed by atoms with Gasteiger partial charge in [-0.1, -0.05) is 6.07 Å². The molecule has 0 bridgehead atoms. The van der Waals surface area contributed by atoms with Crippen LogP contribution in [0.5, 0.6) is 11.5 Å². The van der Waals surface area contributed by atoms with E-state index in [0.29, 0.717) is 39.3 Å². The summed E-state index contributed by atoms with van der Waals surface area (Å²) in [4.78, 5) is 18.4. The number of phenols is 2. The first-order valence-corrected chi connectivity index (χ1v) is 14.4. The van der Waals surface area contributed by atoms with E-state index in [9.17, 15) is 28.0 Å². The number of imidazole rings is 1. The second-order valence-electron chi connectivity index (χ2n) is 9.77. The Morgan fingerprint density at radius 2 is 1.43 bits per heavy atom. The number of hydrogen-bond acceptors (Lipinski definition) is 11. The predicted octanol–water partition coefficient (Wildman–Crippen LogP) is 6.39. The summed E-state index contributed by atoms with van der Waals surface area (Å²) in [6, 6.07) is 21.4. The van der Waals surface area contributed by atoms with Crippen LogP contribution in [0.25, 0.3) is 33.2 Å². The number of carboxylic acids is 1. The molecule has 1 aromatic heterocycles. The molecule has 2 radical (unpaired) electrons. The molecular formula is C30H21N7Na2O7S. The summed E-state index contributed by atoms with van der Waals surface area (Å²) in [5.41, 5.74) is 8.40. The SMILES string of the molecule is Nc1ccc2cc(S(=O)(=O)O)c(N=Nc3ccc4[nH]c(-c5ccc(N=Nc6ccc(O)c(C(=O)O)c6)cc5)nc4c3)c(O)c2c1.[Na].[Na]. The van der Waals surface area contributed by atoms with Crippen LogP contribution in [0, 0.1) is 0 Å². The topological polar surface area (TPSA) is 236 Å². The third-order valence-corrected chi connectivity index (χ3v) is 7.59. The number of aromatic carboxylic acids is 1. The first kappa shape index (κ1) is 35.7. The molecule has 6 aromatic rings. The number of anilines is 1. The van der Waals surface area contributed by atoms with Crippen molar-refractivity contribution < 1.29 is 33.1 Å². The molecule has 0 amide bonds. The van der Waals surface area contributed by atoms with Gasteiger partial charge in [-0.2, -0.15) is 23.8 Å². The van der Waals surface area contributed by atoms with Gasteiger partial charge in [0.15, 0.2) is 5.75 Å². The Morgan fingerprint density at radius 1 is 0.787 bits per heavy atom. The quantitative estimate of drug-likeness (QED) is 0.0477. The van der Waals surface area contributed by atoms with Crippen LogP contribution in [0.2, 0.25) is 0 Å². The molecule has 14 nitrogen and oxygen atoms in total. The number of aromatic amines is 1. The average molecular weight is 670 g/mol. The van der Waals surface area contributed by atoms with E-state index in [1.54, 1.807) is 42.5 Å². The standard InChI is InChI=1S/C30H21N7O7S.2Na/c31-17-4-1-16-11-26(45(42,43)44)27(28(39)21(16)12-17)37-36-20-7-9-23-24(14-20)33-29(32-23)15-2-5-18(6-3-15)34-35-19-8-10-25(38)22(13-19)30(40)41;;/h1-14,38-39H,31H2,(H,32,33)(H,40,41)(H,42,43,44);;. The van der Waals surface area contributed by atoms with Crippen LogP contribution >= 0.6 is 0 Å². The van der Waals surface area contributed by atoms with Crippen molar-refractivity contribution >= 4 is 125 Å². The van der Waals surface area contributed by atoms with Crippen LogP contribution in [-0.4, -0.2) is 103 Å². The summed E-state index contributed by atoms with van der Waals surface area (Å²) in [5, 5.41) is 46.4. The summed E-state index contributed by atoms with van der Waals surface area (Å²) in [6.45, 7) is 0. The fourth-order valence-corrected chi connectivity index (χ4v) is 5.17. The Kier molecular flexibility index (Phi) is 10.8. The Morgan fingerprint density at radius 3 is 2.13 bits per heavy atom. The number of carboxylic acid groups (broad SMARTS) is 1. The van der Waals surface area contributed by atoms with Gasteiger partial charge in [0.2, 0.25) is 0 Å². The number of nitrogens with zero attached hydrogens (tertiary/aromatic N) is 5. The van der Waals surface area contributed by atoms with Crippen LogP contribution in [0.4, 0.5) is 28.4 Å². The number of hydrogen-bond donors (Lipinski definition) is 6. The monoisotopic (exact) mass is 669 g/mol. The molecule has 0 saturated carbocycles. The van der Waals surface area contributed by atoms with Gasteiger partial charge in [-0.15, -0.1) is 5.11 Å². The minimum atomic E-state index is -4.76. The summed E-state index contributed by atoms with van der Waals surface area (Å²) < 4.78 is 33.9. The number of H-pyrrole nitrogens is 1. The van der Waals surface area contributed by atoms with Crippen LogP contribution in [0.3, 0.4) is 0 Å². The van der Waals surface area contributed by atoms with Gasteiger partial charge in [0.1, 0.15) is 27.7 Å². The molecule has 0 aliphatic carbocycles. The Balaban J connectivity index is 0.00000250. The molecule has 0 spiro atoms. The smallest absolute Gasteiger partial charge is 0.339 e. The Bertz CT molecular complexity index is 2330. The number of benzene rings is 5. The first-order chi connectivity index (χ1) is 21.5. The van der Waals surface area contributed by atoms with Gasteiger partial charge in [0.05, 0.1) is 28.1 Å². The van der Waals surface area contributed by atoms with Gasteiger partial charge in [-0.3, -0.25) is 4.55 Å². The maximum atomic E-state index is 12.1. The number of nitrogens with two attached hydrogens (primary N) is 1. The van der Waals surface area contributed by atoms with Crippen molar-refractivity contribution in [3.8, 4) is 22.9 Å². The van der Waals surface area contributed by atoms with Crippen molar-refractivity contribution in [3.05, 3.63) is 90.5 Å². The number of aromatic hydroxyl groups is 2. The molecule has 17 heteroatoms. The van der Waals surface area contributed by atoms with Crippen molar-refractivity contribution in [2.24, 2.45) is 20.5 Å². The van der Waals surface area contributed by atoms with Crippen LogP contribution in [-0.2, 0) is 10.1 Å². The number of nitrogens with one attached hydrogen (secondary N) is 1. The van der Waals surface area contributed by atoms with Gasteiger partial charge in [-0.05, 0) is 84.2 Å². The molecule has 0 unspecified atom stereocenters. The van der Waals surface area contributed by atoms with Gasteiger partial charge in [-0.25, -0.2) is 9.78 Å². The van der Waals surface area contributed by atoms with Crippen molar-refractivity contribution in [1.82, 2.24) is 9.97 Å². The number of nitrogen functional groups attached to an aromatic ring is 1. The summed E-state index contributed by atoms with van der Waals surface area (Å²) in [6.07, 6.45) is 0. The fraction of sp³-hybridized carbons (Fsp3) is 0. The first-order valence-electron chi connectivity index (χ1n) is 13.0. The van der Waals surface area contributed by atoms with E-state index >= 15 is 0 Å². The molecule has 0 fully saturated rings. The average Bonchev–Trinajstić information content (AvgIpc) is 3.43. The largest absolute Gasteiger partial charge is 0.507 e. The van der Waals surface area contributed by atoms with Crippen molar-refractivity contribution in [1.29, 1.82) is 0 Å². The van der Waals surface area contributed by atoms with Crippen molar-refractivity contribution in [2.45, 2.75) is 4.90 Å². The summed E-state index contributed by atoms with van der Waals surface area (Å²) in [7, 11) is -4.76.